The first-order valence-corrected chi connectivity index (χ1v) is 8.23. The molecule has 0 amide bonds. The van der Waals surface area contributed by atoms with Gasteiger partial charge < -0.3 is 4.98 Å². The van der Waals surface area contributed by atoms with Crippen molar-refractivity contribution >= 4 is 11.0 Å². The highest BCUT2D eigenvalue weighted by Crippen LogP contribution is 2.29. The number of benzene rings is 2. The summed E-state index contributed by atoms with van der Waals surface area (Å²) < 4.78 is 1.95. The average molecular weight is 316 g/mol. The molecular weight excluding hydrogens is 296 g/mol. The molecule has 0 unspecified atom stereocenters. The number of hydrogen-bond donors (Lipinski definition) is 1. The van der Waals surface area contributed by atoms with Crippen LogP contribution in [0.1, 0.15) is 25.5 Å². The van der Waals surface area contributed by atoms with Gasteiger partial charge in [-0.1, -0.05) is 35.5 Å². The van der Waals surface area contributed by atoms with Crippen LogP contribution in [-0.2, 0) is 0 Å². The molecule has 24 heavy (non-hydrogen) atoms. The van der Waals surface area contributed by atoms with E-state index in [1.165, 1.54) is 11.1 Å². The van der Waals surface area contributed by atoms with Gasteiger partial charge >= 0.3 is 0 Å². The lowest BCUT2D eigenvalue weighted by Crippen LogP contribution is -2.02. The fraction of sp³-hybridized carbons (Fsp3) is 0.200. The fourth-order valence-corrected chi connectivity index (χ4v) is 3.09. The largest absolute Gasteiger partial charge is 0.361 e. The number of aromatic nitrogens is 4. The monoisotopic (exact) mass is 316 g/mol. The molecule has 4 heteroatoms. The molecule has 4 aromatic rings. The summed E-state index contributed by atoms with van der Waals surface area (Å²) in [5, 5.41) is 8.56. The Hall–Kier alpha value is -2.88. The van der Waals surface area contributed by atoms with Gasteiger partial charge in [0.2, 0.25) is 0 Å². The van der Waals surface area contributed by atoms with Crippen LogP contribution in [0.3, 0.4) is 0 Å². The molecule has 0 saturated carbocycles. The highest BCUT2D eigenvalue weighted by atomic mass is 15.4. The number of hydrogen-bond acceptors (Lipinski definition) is 2. The van der Waals surface area contributed by atoms with Gasteiger partial charge in [0, 0.05) is 23.5 Å². The van der Waals surface area contributed by atoms with E-state index in [9.17, 15) is 0 Å². The van der Waals surface area contributed by atoms with E-state index in [0.717, 1.165) is 27.9 Å². The molecule has 0 spiro atoms. The minimum atomic E-state index is 0.306. The second-order valence-corrected chi connectivity index (χ2v) is 6.45. The molecule has 4 nitrogen and oxygen atoms in total. The Morgan fingerprint density at radius 1 is 1.00 bits per heavy atom. The average Bonchev–Trinajstić information content (AvgIpc) is 3.21. The fourth-order valence-electron chi connectivity index (χ4n) is 3.09. The standard InChI is InChI=1S/C20H20N4/c1-13(2)24-20-9-8-15(10-19(20)22-23-24)16-11-18(21-12-16)17-7-5-4-6-14(17)3/h4-13,21H,1-3H3. The molecule has 0 radical (unpaired) electrons. The Labute approximate surface area is 141 Å². The quantitative estimate of drug-likeness (QED) is 0.579. The van der Waals surface area contributed by atoms with Gasteiger partial charge in [-0.3, -0.25) is 0 Å². The zero-order chi connectivity index (χ0) is 16.7. The molecule has 0 aliphatic carbocycles. The lowest BCUT2D eigenvalue weighted by atomic mass is 10.0. The number of aromatic amines is 1. The van der Waals surface area contributed by atoms with Crippen LogP contribution in [0.25, 0.3) is 33.4 Å². The van der Waals surface area contributed by atoms with Gasteiger partial charge in [0.05, 0.1) is 5.52 Å². The second-order valence-electron chi connectivity index (χ2n) is 6.45. The summed E-state index contributed by atoms with van der Waals surface area (Å²) in [5.74, 6) is 0. The second kappa shape index (κ2) is 5.64. The molecule has 2 heterocycles. The highest BCUT2D eigenvalue weighted by Gasteiger charge is 2.10. The van der Waals surface area contributed by atoms with Crippen LogP contribution in [0.2, 0.25) is 0 Å². The van der Waals surface area contributed by atoms with E-state index in [0.29, 0.717) is 6.04 Å². The first kappa shape index (κ1) is 14.7. The summed E-state index contributed by atoms with van der Waals surface area (Å²) >= 11 is 0. The van der Waals surface area contributed by atoms with Crippen LogP contribution in [-0.4, -0.2) is 20.0 Å². The van der Waals surface area contributed by atoms with Crippen molar-refractivity contribution < 1.29 is 0 Å². The summed E-state index contributed by atoms with van der Waals surface area (Å²) in [6.45, 7) is 6.36. The topological polar surface area (TPSA) is 46.5 Å². The zero-order valence-electron chi connectivity index (χ0n) is 14.1. The third-order valence-corrected chi connectivity index (χ3v) is 4.41. The van der Waals surface area contributed by atoms with Gasteiger partial charge in [-0.25, -0.2) is 4.68 Å². The maximum atomic E-state index is 4.31. The first-order chi connectivity index (χ1) is 11.6. The maximum absolute atomic E-state index is 4.31. The van der Waals surface area contributed by atoms with Gasteiger partial charge in [-0.05, 0) is 55.7 Å². The van der Waals surface area contributed by atoms with Crippen LogP contribution in [0.4, 0.5) is 0 Å². The van der Waals surface area contributed by atoms with Gasteiger partial charge in [0.1, 0.15) is 5.52 Å². The van der Waals surface area contributed by atoms with Crippen molar-refractivity contribution in [2.75, 3.05) is 0 Å². The summed E-state index contributed by atoms with van der Waals surface area (Å²) in [6.07, 6.45) is 2.05. The van der Waals surface area contributed by atoms with Gasteiger partial charge in [-0.2, -0.15) is 0 Å². The summed E-state index contributed by atoms with van der Waals surface area (Å²) in [4.78, 5) is 3.39. The van der Waals surface area contributed by atoms with E-state index in [1.54, 1.807) is 0 Å². The molecular formula is C20H20N4. The number of nitrogens with zero attached hydrogens (tertiary/aromatic N) is 3. The summed E-state index contributed by atoms with van der Waals surface area (Å²) in [5.41, 5.74) is 7.94. The molecule has 0 saturated heterocycles. The van der Waals surface area contributed by atoms with Gasteiger partial charge in [0.15, 0.2) is 0 Å². The smallest absolute Gasteiger partial charge is 0.113 e. The van der Waals surface area contributed by atoms with E-state index in [1.807, 2.05) is 4.68 Å². The molecule has 1 N–H and O–H groups in total. The molecule has 0 fully saturated rings. The number of fused-ring (bicyclic) bond motifs is 1. The van der Waals surface area contributed by atoms with Crippen molar-refractivity contribution in [3.05, 3.63) is 60.3 Å². The van der Waals surface area contributed by atoms with Crippen molar-refractivity contribution in [1.82, 2.24) is 20.0 Å². The van der Waals surface area contributed by atoms with Crippen molar-refractivity contribution in [3.8, 4) is 22.4 Å². The molecule has 0 atom stereocenters. The minimum Gasteiger partial charge on any atom is -0.361 e. The Kier molecular flexibility index (Phi) is 3.45. The third-order valence-electron chi connectivity index (χ3n) is 4.41. The molecule has 2 aromatic carbocycles. The lowest BCUT2D eigenvalue weighted by molar-refractivity contribution is 0.530. The zero-order valence-corrected chi connectivity index (χ0v) is 14.1. The van der Waals surface area contributed by atoms with Crippen molar-refractivity contribution in [2.45, 2.75) is 26.8 Å². The van der Waals surface area contributed by atoms with E-state index < -0.39 is 0 Å². The van der Waals surface area contributed by atoms with Crippen LogP contribution in [0.5, 0.6) is 0 Å². The Balaban J connectivity index is 1.75. The maximum Gasteiger partial charge on any atom is 0.113 e. The van der Waals surface area contributed by atoms with Crippen LogP contribution in [0, 0.1) is 6.92 Å². The Morgan fingerprint density at radius 3 is 2.62 bits per heavy atom. The third kappa shape index (κ3) is 2.40. The molecule has 120 valence electrons. The van der Waals surface area contributed by atoms with E-state index in [4.69, 9.17) is 0 Å². The van der Waals surface area contributed by atoms with Crippen LogP contribution >= 0.6 is 0 Å². The highest BCUT2D eigenvalue weighted by molar-refractivity contribution is 5.82. The van der Waals surface area contributed by atoms with E-state index in [-0.39, 0.29) is 0 Å². The minimum absolute atomic E-state index is 0.306. The molecule has 0 aliphatic rings. The van der Waals surface area contributed by atoms with Crippen molar-refractivity contribution in [1.29, 1.82) is 0 Å². The molecule has 0 aliphatic heterocycles. The lowest BCUT2D eigenvalue weighted by Gasteiger charge is -2.05. The van der Waals surface area contributed by atoms with Crippen LogP contribution < -0.4 is 0 Å². The predicted molar refractivity (Wildman–Crippen MR) is 97.9 cm³/mol. The van der Waals surface area contributed by atoms with Crippen molar-refractivity contribution in [2.24, 2.45) is 0 Å². The van der Waals surface area contributed by atoms with Gasteiger partial charge in [-0.15, -0.1) is 5.10 Å². The van der Waals surface area contributed by atoms with E-state index >= 15 is 0 Å². The predicted octanol–water partition coefficient (Wildman–Crippen LogP) is 4.98. The number of rotatable bonds is 3. The number of aryl methyl sites for hydroxylation is 1. The normalized spacial score (nSPS) is 11.5. The molecule has 0 bridgehead atoms. The van der Waals surface area contributed by atoms with Crippen molar-refractivity contribution in [3.63, 3.8) is 0 Å². The van der Waals surface area contributed by atoms with Crippen LogP contribution in [0.15, 0.2) is 54.7 Å². The number of H-pyrrole nitrogens is 1. The number of nitrogens with one attached hydrogen (secondary N) is 1. The summed E-state index contributed by atoms with van der Waals surface area (Å²) in [6, 6.07) is 17.2. The molecule has 2 aromatic heterocycles. The first-order valence-electron chi connectivity index (χ1n) is 8.23. The SMILES string of the molecule is Cc1ccccc1-c1cc(-c2ccc3c(c2)nnn3C(C)C)c[nH]1. The molecule has 4 rings (SSSR count). The summed E-state index contributed by atoms with van der Waals surface area (Å²) in [7, 11) is 0. The van der Waals surface area contributed by atoms with E-state index in [2.05, 4.69) is 90.8 Å². The Morgan fingerprint density at radius 2 is 1.83 bits per heavy atom. The Bertz CT molecular complexity index is 1010. The van der Waals surface area contributed by atoms with Gasteiger partial charge in [0.25, 0.3) is 0 Å².